The van der Waals surface area contributed by atoms with Crippen LogP contribution in [-0.4, -0.2) is 59.3 Å². The molecule has 0 radical (unpaired) electrons. The summed E-state index contributed by atoms with van der Waals surface area (Å²) < 4.78 is 5.44. The summed E-state index contributed by atoms with van der Waals surface area (Å²) in [6.07, 6.45) is 6.90. The number of amides is 1. The topological polar surface area (TPSA) is 116 Å². The molecule has 2 fully saturated rings. The molecule has 10 nitrogen and oxygen atoms in total. The van der Waals surface area contributed by atoms with E-state index < -0.39 is 5.91 Å². The molecular formula is C28H35N7O3. The van der Waals surface area contributed by atoms with Crippen LogP contribution in [0.4, 0.5) is 29.2 Å². The van der Waals surface area contributed by atoms with Crippen molar-refractivity contribution in [3.05, 3.63) is 47.5 Å². The highest BCUT2D eigenvalue weighted by molar-refractivity contribution is 6.07. The summed E-state index contributed by atoms with van der Waals surface area (Å²) in [6.45, 7) is 5.54. The summed E-state index contributed by atoms with van der Waals surface area (Å²) in [5.74, 6) is 1.87. The molecule has 200 valence electrons. The van der Waals surface area contributed by atoms with Gasteiger partial charge in [0.2, 0.25) is 17.8 Å². The number of aryl methyl sites for hydroxylation is 1. The van der Waals surface area contributed by atoms with Crippen molar-refractivity contribution in [3.63, 3.8) is 0 Å². The molecule has 2 aromatic carbocycles. The zero-order valence-electron chi connectivity index (χ0n) is 22.0. The van der Waals surface area contributed by atoms with Crippen LogP contribution in [-0.2, 0) is 0 Å². The minimum absolute atomic E-state index is 0.0691. The Morgan fingerprint density at radius 3 is 2.05 bits per heavy atom. The number of rotatable bonds is 7. The van der Waals surface area contributed by atoms with Gasteiger partial charge in [-0.15, -0.1) is 0 Å². The molecule has 0 aliphatic carbocycles. The van der Waals surface area contributed by atoms with E-state index in [9.17, 15) is 9.90 Å². The summed E-state index contributed by atoms with van der Waals surface area (Å²) in [7, 11) is 1.59. The van der Waals surface area contributed by atoms with Gasteiger partial charge in [0.25, 0.3) is 5.91 Å². The van der Waals surface area contributed by atoms with Gasteiger partial charge in [-0.2, -0.15) is 15.0 Å². The first-order valence-electron chi connectivity index (χ1n) is 13.3. The van der Waals surface area contributed by atoms with Gasteiger partial charge < -0.3 is 30.3 Å². The van der Waals surface area contributed by atoms with E-state index in [0.717, 1.165) is 57.4 Å². The van der Waals surface area contributed by atoms with Crippen molar-refractivity contribution >= 4 is 35.1 Å². The fourth-order valence-corrected chi connectivity index (χ4v) is 4.89. The number of aromatic hydroxyl groups is 1. The van der Waals surface area contributed by atoms with Gasteiger partial charge in [-0.1, -0.05) is 6.07 Å². The average molecular weight is 518 g/mol. The quantitative estimate of drug-likeness (QED) is 0.404. The predicted octanol–water partition coefficient (Wildman–Crippen LogP) is 4.87. The van der Waals surface area contributed by atoms with Gasteiger partial charge in [0.15, 0.2) is 0 Å². The van der Waals surface area contributed by atoms with Crippen LogP contribution in [0, 0.1) is 6.92 Å². The van der Waals surface area contributed by atoms with Gasteiger partial charge in [-0.25, -0.2) is 0 Å². The fourth-order valence-electron chi connectivity index (χ4n) is 4.89. The molecule has 2 aliphatic heterocycles. The lowest BCUT2D eigenvalue weighted by Crippen LogP contribution is -2.34. The molecule has 2 aliphatic rings. The minimum atomic E-state index is -0.422. The number of piperidine rings is 2. The number of nitrogens with one attached hydrogen (secondary N) is 2. The number of phenolic OH excluding ortho intramolecular Hbond substituents is 1. The second-order valence-corrected chi connectivity index (χ2v) is 9.87. The number of phenols is 1. The molecule has 5 rings (SSSR count). The molecule has 2 saturated heterocycles. The van der Waals surface area contributed by atoms with Gasteiger partial charge in [0, 0.05) is 32.2 Å². The maximum atomic E-state index is 13.0. The second kappa shape index (κ2) is 11.5. The van der Waals surface area contributed by atoms with Crippen molar-refractivity contribution in [1.29, 1.82) is 0 Å². The Morgan fingerprint density at radius 1 is 0.842 bits per heavy atom. The van der Waals surface area contributed by atoms with Gasteiger partial charge in [0.1, 0.15) is 11.5 Å². The van der Waals surface area contributed by atoms with E-state index in [1.54, 1.807) is 43.5 Å². The van der Waals surface area contributed by atoms with Crippen LogP contribution < -0.4 is 25.2 Å². The van der Waals surface area contributed by atoms with E-state index in [2.05, 4.69) is 20.4 Å². The number of hydrogen-bond donors (Lipinski definition) is 3. The van der Waals surface area contributed by atoms with Crippen LogP contribution in [0.1, 0.15) is 54.4 Å². The summed E-state index contributed by atoms with van der Waals surface area (Å²) in [5, 5.41) is 16.5. The third kappa shape index (κ3) is 5.90. The number of hydrogen-bond acceptors (Lipinski definition) is 9. The molecule has 0 saturated carbocycles. The maximum absolute atomic E-state index is 13.0. The largest absolute Gasteiger partial charge is 0.507 e. The number of carbonyl (C=O) groups is 1. The van der Waals surface area contributed by atoms with Crippen molar-refractivity contribution in [2.24, 2.45) is 0 Å². The first-order valence-corrected chi connectivity index (χ1v) is 13.3. The summed E-state index contributed by atoms with van der Waals surface area (Å²) >= 11 is 0. The Hall–Kier alpha value is -4.08. The van der Waals surface area contributed by atoms with E-state index in [0.29, 0.717) is 35.0 Å². The third-order valence-electron chi connectivity index (χ3n) is 7.01. The Kier molecular flexibility index (Phi) is 7.76. The summed E-state index contributed by atoms with van der Waals surface area (Å²) in [4.78, 5) is 31.9. The standard InChI is InChI=1S/C28H35N7O3/c1-19-9-11-21(24(36)17-19)25(37)29-22-12-10-20(38-2)18-23(22)30-26-31-27(34-13-5-3-6-14-34)33-28(32-26)35-15-7-4-8-16-35/h9-12,17-18,36H,3-8,13-16H2,1-2H3,(H,29,37)(H,30,31,32,33). The first kappa shape index (κ1) is 25.6. The second-order valence-electron chi connectivity index (χ2n) is 9.87. The van der Waals surface area contributed by atoms with Crippen molar-refractivity contribution in [1.82, 2.24) is 15.0 Å². The molecule has 10 heteroatoms. The number of carbonyl (C=O) groups excluding carboxylic acids is 1. The number of methoxy groups -OCH3 is 1. The molecule has 3 heterocycles. The van der Waals surface area contributed by atoms with Gasteiger partial charge >= 0.3 is 0 Å². The van der Waals surface area contributed by atoms with Crippen molar-refractivity contribution in [2.75, 3.05) is 53.7 Å². The van der Waals surface area contributed by atoms with Crippen LogP contribution in [0.25, 0.3) is 0 Å². The van der Waals surface area contributed by atoms with Crippen LogP contribution in [0.2, 0.25) is 0 Å². The molecule has 1 amide bonds. The molecule has 1 aromatic heterocycles. The molecular weight excluding hydrogens is 482 g/mol. The third-order valence-corrected chi connectivity index (χ3v) is 7.01. The van der Waals surface area contributed by atoms with E-state index in [1.807, 2.05) is 6.92 Å². The minimum Gasteiger partial charge on any atom is -0.507 e. The summed E-state index contributed by atoms with van der Waals surface area (Å²) in [5.41, 5.74) is 2.15. The van der Waals surface area contributed by atoms with E-state index >= 15 is 0 Å². The maximum Gasteiger partial charge on any atom is 0.259 e. The Balaban J connectivity index is 1.47. The molecule has 3 N–H and O–H groups in total. The van der Waals surface area contributed by atoms with Crippen molar-refractivity contribution in [3.8, 4) is 11.5 Å². The zero-order valence-corrected chi connectivity index (χ0v) is 22.0. The van der Waals surface area contributed by atoms with Gasteiger partial charge in [-0.3, -0.25) is 4.79 Å². The van der Waals surface area contributed by atoms with E-state index in [4.69, 9.17) is 19.7 Å². The molecule has 3 aromatic rings. The zero-order chi connectivity index (χ0) is 26.5. The molecule has 38 heavy (non-hydrogen) atoms. The van der Waals surface area contributed by atoms with Crippen LogP contribution >= 0.6 is 0 Å². The number of nitrogens with zero attached hydrogens (tertiary/aromatic N) is 5. The predicted molar refractivity (Wildman–Crippen MR) is 149 cm³/mol. The first-order chi connectivity index (χ1) is 18.5. The molecule has 0 unspecified atom stereocenters. The molecule has 0 spiro atoms. The Bertz CT molecular complexity index is 1250. The lowest BCUT2D eigenvalue weighted by atomic mass is 10.1. The summed E-state index contributed by atoms with van der Waals surface area (Å²) in [6, 6.07) is 10.3. The Labute approximate surface area is 223 Å². The number of benzene rings is 2. The monoisotopic (exact) mass is 517 g/mol. The van der Waals surface area contributed by atoms with E-state index in [1.165, 1.54) is 12.8 Å². The van der Waals surface area contributed by atoms with E-state index in [-0.39, 0.29) is 11.3 Å². The Morgan fingerprint density at radius 2 is 1.47 bits per heavy atom. The average Bonchev–Trinajstić information content (AvgIpc) is 2.94. The van der Waals surface area contributed by atoms with Crippen molar-refractivity contribution < 1.29 is 14.6 Å². The smallest absolute Gasteiger partial charge is 0.259 e. The normalized spacial score (nSPS) is 15.7. The van der Waals surface area contributed by atoms with Crippen molar-refractivity contribution in [2.45, 2.75) is 45.4 Å². The number of aromatic nitrogens is 3. The highest BCUT2D eigenvalue weighted by Gasteiger charge is 2.21. The lowest BCUT2D eigenvalue weighted by molar-refractivity contribution is 0.102. The van der Waals surface area contributed by atoms with Crippen LogP contribution in [0.5, 0.6) is 11.5 Å². The van der Waals surface area contributed by atoms with Gasteiger partial charge in [0.05, 0.1) is 24.0 Å². The lowest BCUT2D eigenvalue weighted by Gasteiger charge is -2.30. The van der Waals surface area contributed by atoms with Crippen LogP contribution in [0.15, 0.2) is 36.4 Å². The fraction of sp³-hybridized carbons (Fsp3) is 0.429. The highest BCUT2D eigenvalue weighted by atomic mass is 16.5. The molecule has 0 bridgehead atoms. The number of anilines is 5. The number of ether oxygens (including phenoxy) is 1. The SMILES string of the molecule is COc1ccc(NC(=O)c2ccc(C)cc2O)c(Nc2nc(N3CCCCC3)nc(N3CCCCC3)n2)c1. The van der Waals surface area contributed by atoms with Gasteiger partial charge in [-0.05, 0) is 75.3 Å². The molecule has 0 atom stereocenters. The van der Waals surface area contributed by atoms with Crippen LogP contribution in [0.3, 0.4) is 0 Å². The highest BCUT2D eigenvalue weighted by Crippen LogP contribution is 2.32.